The predicted octanol–water partition coefficient (Wildman–Crippen LogP) is 2.46. The van der Waals surface area contributed by atoms with Gasteiger partial charge in [0.25, 0.3) is 11.7 Å². The molecule has 33 heavy (non-hydrogen) atoms. The number of hydrogen-bond acceptors (Lipinski definition) is 7. The summed E-state index contributed by atoms with van der Waals surface area (Å²) in [4.78, 5) is 29.9. The van der Waals surface area contributed by atoms with Crippen molar-refractivity contribution in [2.75, 3.05) is 46.5 Å². The van der Waals surface area contributed by atoms with E-state index >= 15 is 0 Å². The van der Waals surface area contributed by atoms with Gasteiger partial charge in [-0.05, 0) is 48.4 Å². The van der Waals surface area contributed by atoms with Crippen molar-refractivity contribution in [2.24, 2.45) is 0 Å². The maximum atomic E-state index is 13.1. The van der Waals surface area contributed by atoms with Gasteiger partial charge in [-0.1, -0.05) is 12.1 Å². The number of aromatic hydroxyl groups is 1. The summed E-state index contributed by atoms with van der Waals surface area (Å²) >= 11 is 0. The third-order valence-corrected chi connectivity index (χ3v) is 6.18. The van der Waals surface area contributed by atoms with Gasteiger partial charge < -0.3 is 24.6 Å². The van der Waals surface area contributed by atoms with E-state index in [0.717, 1.165) is 18.7 Å². The van der Waals surface area contributed by atoms with Crippen molar-refractivity contribution < 1.29 is 29.3 Å². The summed E-state index contributed by atoms with van der Waals surface area (Å²) in [6.45, 7) is 5.56. The molecule has 2 aromatic rings. The SMILES string of the molecule is COc1ccc(C(O)=C2C(=O)C(=O)N(CCN3CCOCC3)[C@H]2c2ccc(O)cc2)cc1C. The Balaban J connectivity index is 1.74. The number of Topliss-reactive ketones (excluding diaryl/α,β-unsaturated/α-hetero) is 1. The fourth-order valence-electron chi connectivity index (χ4n) is 4.37. The van der Waals surface area contributed by atoms with E-state index in [-0.39, 0.29) is 17.1 Å². The molecule has 4 rings (SSSR count). The monoisotopic (exact) mass is 452 g/mol. The van der Waals surface area contributed by atoms with Crippen LogP contribution < -0.4 is 4.74 Å². The number of ether oxygens (including phenoxy) is 2. The molecule has 2 aromatic carbocycles. The van der Waals surface area contributed by atoms with Gasteiger partial charge >= 0.3 is 0 Å². The smallest absolute Gasteiger partial charge is 0.295 e. The lowest BCUT2D eigenvalue weighted by Crippen LogP contribution is -2.42. The summed E-state index contributed by atoms with van der Waals surface area (Å²) in [6, 6.07) is 10.7. The molecule has 0 spiro atoms. The van der Waals surface area contributed by atoms with Crippen LogP contribution >= 0.6 is 0 Å². The molecule has 2 fully saturated rings. The van der Waals surface area contributed by atoms with Crippen molar-refractivity contribution in [3.8, 4) is 11.5 Å². The molecular formula is C25H28N2O6. The Kier molecular flexibility index (Phi) is 6.67. The maximum absolute atomic E-state index is 13.1. The van der Waals surface area contributed by atoms with Crippen LogP contribution in [0.2, 0.25) is 0 Å². The molecular weight excluding hydrogens is 424 g/mol. The number of carbonyl (C=O) groups excluding carboxylic acids is 2. The molecule has 8 heteroatoms. The molecule has 8 nitrogen and oxygen atoms in total. The van der Waals surface area contributed by atoms with E-state index in [1.54, 1.807) is 37.4 Å². The first-order valence-corrected chi connectivity index (χ1v) is 10.9. The molecule has 174 valence electrons. The lowest BCUT2D eigenvalue weighted by atomic mass is 9.94. The number of aliphatic hydroxyl groups is 1. The summed E-state index contributed by atoms with van der Waals surface area (Å²) in [6.07, 6.45) is 0. The lowest BCUT2D eigenvalue weighted by molar-refractivity contribution is -0.140. The van der Waals surface area contributed by atoms with Gasteiger partial charge in [-0.2, -0.15) is 0 Å². The van der Waals surface area contributed by atoms with Crippen LogP contribution in [0.1, 0.15) is 22.7 Å². The summed E-state index contributed by atoms with van der Waals surface area (Å²) < 4.78 is 10.7. The van der Waals surface area contributed by atoms with Crippen molar-refractivity contribution in [3.63, 3.8) is 0 Å². The molecule has 2 aliphatic heterocycles. The first-order valence-electron chi connectivity index (χ1n) is 10.9. The van der Waals surface area contributed by atoms with Gasteiger partial charge in [-0.25, -0.2) is 0 Å². The molecule has 2 N–H and O–H groups in total. The zero-order valence-corrected chi connectivity index (χ0v) is 18.8. The van der Waals surface area contributed by atoms with Gasteiger partial charge in [0.15, 0.2) is 0 Å². The number of benzene rings is 2. The standard InChI is InChI=1S/C25H28N2O6/c1-16-15-18(5-8-20(16)32-2)23(29)21-22(17-3-6-19(28)7-4-17)27(25(31)24(21)30)10-9-26-11-13-33-14-12-26/h3-8,15,22,28-29H,9-14H2,1-2H3/t22-/m0/s1. The number of phenolic OH excluding ortho intramolecular Hbond substituents is 1. The number of morpholine rings is 1. The number of phenols is 1. The minimum atomic E-state index is -0.756. The third-order valence-electron chi connectivity index (χ3n) is 6.18. The van der Waals surface area contributed by atoms with Crippen LogP contribution in [0.15, 0.2) is 48.0 Å². The highest BCUT2D eigenvalue weighted by Crippen LogP contribution is 2.40. The highest BCUT2D eigenvalue weighted by molar-refractivity contribution is 6.46. The predicted molar refractivity (Wildman–Crippen MR) is 122 cm³/mol. The average molecular weight is 453 g/mol. The lowest BCUT2D eigenvalue weighted by Gasteiger charge is -2.31. The number of aliphatic hydroxyl groups excluding tert-OH is 1. The molecule has 2 heterocycles. The van der Waals surface area contributed by atoms with Crippen LogP contribution in [-0.4, -0.2) is 78.2 Å². The largest absolute Gasteiger partial charge is 0.508 e. The number of ketones is 1. The van der Waals surface area contributed by atoms with Gasteiger partial charge in [-0.15, -0.1) is 0 Å². The van der Waals surface area contributed by atoms with Crippen molar-refractivity contribution in [1.29, 1.82) is 0 Å². The molecule has 1 atom stereocenters. The Hall–Kier alpha value is -3.36. The topological polar surface area (TPSA) is 99.5 Å². The van der Waals surface area contributed by atoms with Gasteiger partial charge in [0, 0.05) is 31.7 Å². The van der Waals surface area contributed by atoms with E-state index in [1.165, 1.54) is 17.0 Å². The minimum Gasteiger partial charge on any atom is -0.508 e. The second-order valence-electron chi connectivity index (χ2n) is 8.22. The Labute approximate surface area is 192 Å². The van der Waals surface area contributed by atoms with Crippen LogP contribution in [0.3, 0.4) is 0 Å². The molecule has 2 aliphatic rings. The minimum absolute atomic E-state index is 0.0391. The highest BCUT2D eigenvalue weighted by Gasteiger charge is 2.46. The number of methoxy groups -OCH3 is 1. The fourth-order valence-corrected chi connectivity index (χ4v) is 4.37. The van der Waals surface area contributed by atoms with Gasteiger partial charge in [0.2, 0.25) is 0 Å². The molecule has 0 bridgehead atoms. The van der Waals surface area contributed by atoms with E-state index in [1.807, 2.05) is 6.92 Å². The first-order chi connectivity index (χ1) is 15.9. The Bertz CT molecular complexity index is 1070. The number of aryl methyl sites for hydroxylation is 1. The number of rotatable bonds is 6. The van der Waals surface area contributed by atoms with E-state index in [2.05, 4.69) is 4.90 Å². The number of amides is 1. The average Bonchev–Trinajstić information content (AvgIpc) is 3.08. The van der Waals surface area contributed by atoms with Crippen LogP contribution in [-0.2, 0) is 14.3 Å². The zero-order valence-electron chi connectivity index (χ0n) is 18.8. The Morgan fingerprint density at radius 1 is 1.09 bits per heavy atom. The highest BCUT2D eigenvalue weighted by atomic mass is 16.5. The Morgan fingerprint density at radius 3 is 2.42 bits per heavy atom. The number of hydrogen-bond donors (Lipinski definition) is 2. The van der Waals surface area contributed by atoms with Crippen molar-refractivity contribution >= 4 is 17.4 Å². The molecule has 0 radical (unpaired) electrons. The molecule has 2 saturated heterocycles. The summed E-state index contributed by atoms with van der Waals surface area (Å²) in [5, 5.41) is 20.9. The quantitative estimate of drug-likeness (QED) is 0.395. The van der Waals surface area contributed by atoms with Crippen molar-refractivity contribution in [3.05, 3.63) is 64.7 Å². The summed E-state index contributed by atoms with van der Waals surface area (Å²) in [7, 11) is 1.56. The van der Waals surface area contributed by atoms with Crippen molar-refractivity contribution in [2.45, 2.75) is 13.0 Å². The molecule has 0 aliphatic carbocycles. The second-order valence-corrected chi connectivity index (χ2v) is 8.22. The van der Waals surface area contributed by atoms with Crippen LogP contribution in [0, 0.1) is 6.92 Å². The van der Waals surface area contributed by atoms with Gasteiger partial charge in [-0.3, -0.25) is 14.5 Å². The Morgan fingerprint density at radius 2 is 1.79 bits per heavy atom. The van der Waals surface area contributed by atoms with Crippen LogP contribution in [0.4, 0.5) is 0 Å². The van der Waals surface area contributed by atoms with E-state index < -0.39 is 17.7 Å². The summed E-state index contributed by atoms with van der Waals surface area (Å²) in [5.74, 6) is -0.859. The number of carbonyl (C=O) groups is 2. The maximum Gasteiger partial charge on any atom is 0.295 e. The van der Waals surface area contributed by atoms with Gasteiger partial charge in [0.1, 0.15) is 17.3 Å². The van der Waals surface area contributed by atoms with E-state index in [0.29, 0.717) is 43.2 Å². The summed E-state index contributed by atoms with van der Waals surface area (Å²) in [5.41, 5.74) is 1.91. The third kappa shape index (κ3) is 4.58. The molecule has 0 aromatic heterocycles. The normalized spacial score (nSPS) is 20.9. The van der Waals surface area contributed by atoms with Crippen LogP contribution in [0.25, 0.3) is 5.76 Å². The van der Waals surface area contributed by atoms with E-state index in [4.69, 9.17) is 9.47 Å². The second kappa shape index (κ2) is 9.64. The van der Waals surface area contributed by atoms with Gasteiger partial charge in [0.05, 0.1) is 31.9 Å². The zero-order chi connectivity index (χ0) is 23.5. The van der Waals surface area contributed by atoms with Crippen molar-refractivity contribution in [1.82, 2.24) is 9.80 Å². The van der Waals surface area contributed by atoms with E-state index in [9.17, 15) is 19.8 Å². The fraction of sp³-hybridized carbons (Fsp3) is 0.360. The molecule has 0 unspecified atom stereocenters. The number of likely N-dealkylation sites (tertiary alicyclic amines) is 1. The number of nitrogens with zero attached hydrogens (tertiary/aromatic N) is 2. The molecule has 1 amide bonds. The first kappa shape index (κ1) is 22.8. The van der Waals surface area contributed by atoms with Crippen LogP contribution in [0.5, 0.6) is 11.5 Å². The molecule has 0 saturated carbocycles.